The summed E-state index contributed by atoms with van der Waals surface area (Å²) in [5, 5.41) is 0. The summed E-state index contributed by atoms with van der Waals surface area (Å²) in [4.78, 5) is 2.24. The van der Waals surface area contributed by atoms with Crippen LogP contribution in [0.25, 0.3) is 0 Å². The fourth-order valence-corrected chi connectivity index (χ4v) is 4.18. The van der Waals surface area contributed by atoms with E-state index in [1.54, 1.807) is 19.2 Å². The molecular weight excluding hydrogens is 364 g/mol. The number of ether oxygens (including phenoxy) is 2. The number of hydrogen-bond donors (Lipinski definition) is 1. The van der Waals surface area contributed by atoms with Crippen LogP contribution in [0.3, 0.4) is 0 Å². The number of nitrogens with one attached hydrogen (secondary N) is 1. The summed E-state index contributed by atoms with van der Waals surface area (Å²) >= 11 is 0. The quantitative estimate of drug-likeness (QED) is 0.667. The second-order valence-electron chi connectivity index (χ2n) is 6.58. The van der Waals surface area contributed by atoms with Crippen molar-refractivity contribution in [3.63, 3.8) is 0 Å². The second-order valence-corrected chi connectivity index (χ2v) is 8.42. The highest BCUT2D eigenvalue weighted by Gasteiger charge is 2.22. The lowest BCUT2D eigenvalue weighted by molar-refractivity contribution is 0.121. The number of methoxy groups -OCH3 is 1. The zero-order valence-electron chi connectivity index (χ0n) is 15.5. The van der Waals surface area contributed by atoms with Crippen molar-refractivity contribution < 1.29 is 17.9 Å². The van der Waals surface area contributed by atoms with Gasteiger partial charge in [0.05, 0.1) is 18.5 Å². The molecule has 1 aliphatic rings. The summed E-state index contributed by atoms with van der Waals surface area (Å²) in [7, 11) is -1.66. The minimum atomic E-state index is -3.40. The lowest BCUT2D eigenvalue weighted by atomic mass is 10.2. The predicted octanol–water partition coefficient (Wildman–Crippen LogP) is 3.12. The number of nitrogens with zero attached hydrogens (tertiary/aromatic N) is 1. The first-order valence-corrected chi connectivity index (χ1v) is 10.8. The second kappa shape index (κ2) is 9.10. The van der Waals surface area contributed by atoms with Crippen molar-refractivity contribution >= 4 is 21.4 Å². The van der Waals surface area contributed by atoms with Gasteiger partial charge in [-0.25, -0.2) is 8.42 Å². The topological polar surface area (TPSA) is 67.9 Å². The van der Waals surface area contributed by atoms with E-state index in [9.17, 15) is 8.42 Å². The van der Waals surface area contributed by atoms with Crippen LogP contribution in [-0.4, -0.2) is 47.1 Å². The molecule has 1 saturated heterocycles. The van der Waals surface area contributed by atoms with Crippen LogP contribution >= 0.6 is 0 Å². The van der Waals surface area contributed by atoms with E-state index >= 15 is 0 Å². The molecule has 1 fully saturated rings. The van der Waals surface area contributed by atoms with E-state index in [2.05, 4.69) is 9.62 Å². The van der Waals surface area contributed by atoms with E-state index < -0.39 is 10.0 Å². The highest BCUT2D eigenvalue weighted by Crippen LogP contribution is 2.23. The highest BCUT2D eigenvalue weighted by atomic mass is 32.2. The molecule has 1 heterocycles. The molecule has 0 radical (unpaired) electrons. The Kier molecular flexibility index (Phi) is 6.58. The van der Waals surface area contributed by atoms with Gasteiger partial charge in [-0.2, -0.15) is 0 Å². The van der Waals surface area contributed by atoms with Crippen molar-refractivity contribution in [2.24, 2.45) is 0 Å². The Balaban J connectivity index is 1.46. The molecule has 1 aliphatic heterocycles. The van der Waals surface area contributed by atoms with Crippen LogP contribution in [0.4, 0.5) is 11.4 Å². The van der Waals surface area contributed by atoms with E-state index in [1.165, 1.54) is 0 Å². The molecule has 0 bridgehead atoms. The Morgan fingerprint density at radius 3 is 2.52 bits per heavy atom. The largest absolute Gasteiger partial charge is 0.494 e. The van der Waals surface area contributed by atoms with Gasteiger partial charge in [-0.1, -0.05) is 18.2 Å². The minimum Gasteiger partial charge on any atom is -0.494 e. The van der Waals surface area contributed by atoms with E-state index in [1.807, 2.05) is 42.5 Å². The van der Waals surface area contributed by atoms with Gasteiger partial charge < -0.3 is 14.4 Å². The van der Waals surface area contributed by atoms with Crippen LogP contribution in [-0.2, 0) is 14.8 Å². The van der Waals surface area contributed by atoms with Gasteiger partial charge in [0, 0.05) is 31.6 Å². The number of hydrogen-bond acceptors (Lipinski definition) is 5. The third-order valence-electron chi connectivity index (χ3n) is 4.55. The van der Waals surface area contributed by atoms with E-state index in [-0.39, 0.29) is 11.9 Å². The minimum absolute atomic E-state index is 0.0171. The van der Waals surface area contributed by atoms with Gasteiger partial charge in [-0.15, -0.1) is 0 Å². The summed E-state index contributed by atoms with van der Waals surface area (Å²) in [5.74, 6) is 0.763. The maximum Gasteiger partial charge on any atom is 0.232 e. The molecule has 1 N–H and O–H groups in total. The zero-order chi connectivity index (χ0) is 19.1. The molecule has 2 aromatic rings. The number of benzene rings is 2. The lowest BCUT2D eigenvalue weighted by Gasteiger charge is -2.18. The van der Waals surface area contributed by atoms with Crippen LogP contribution in [0.5, 0.6) is 5.75 Å². The highest BCUT2D eigenvalue weighted by molar-refractivity contribution is 7.92. The van der Waals surface area contributed by atoms with Crippen molar-refractivity contribution in [2.75, 3.05) is 42.2 Å². The molecule has 0 aliphatic carbocycles. The molecule has 146 valence electrons. The van der Waals surface area contributed by atoms with Crippen molar-refractivity contribution in [1.82, 2.24) is 0 Å². The molecule has 1 atom stereocenters. The maximum atomic E-state index is 12.2. The van der Waals surface area contributed by atoms with Crippen LogP contribution in [0.15, 0.2) is 54.6 Å². The Labute approximate surface area is 161 Å². The maximum absolute atomic E-state index is 12.2. The standard InChI is InChI=1S/C20H26N2O4S/c1-25-20-12-13-22(16-20)18-10-8-17(9-11-18)21-27(23,24)15-5-14-26-19-6-3-2-4-7-19/h2-4,6-11,20-21H,5,12-16H2,1H3/t20-/m1/s1. The number of rotatable bonds is 9. The molecule has 3 rings (SSSR count). The summed E-state index contributed by atoms with van der Waals surface area (Å²) in [6.45, 7) is 2.17. The first-order chi connectivity index (χ1) is 13.1. The van der Waals surface area contributed by atoms with Crippen LogP contribution < -0.4 is 14.4 Å². The van der Waals surface area contributed by atoms with Gasteiger partial charge in [0.1, 0.15) is 5.75 Å². The van der Waals surface area contributed by atoms with Gasteiger partial charge in [0.2, 0.25) is 10.0 Å². The first-order valence-electron chi connectivity index (χ1n) is 9.12. The van der Waals surface area contributed by atoms with Crippen molar-refractivity contribution in [3.05, 3.63) is 54.6 Å². The van der Waals surface area contributed by atoms with Gasteiger partial charge in [-0.3, -0.25) is 4.72 Å². The molecule has 0 saturated carbocycles. The predicted molar refractivity (Wildman–Crippen MR) is 108 cm³/mol. The first kappa shape index (κ1) is 19.5. The van der Waals surface area contributed by atoms with Gasteiger partial charge in [0.25, 0.3) is 0 Å². The molecule has 6 nitrogen and oxygen atoms in total. The number of sulfonamides is 1. The molecule has 0 aromatic heterocycles. The number of para-hydroxylation sites is 1. The summed E-state index contributed by atoms with van der Waals surface area (Å²) in [5.41, 5.74) is 1.65. The van der Waals surface area contributed by atoms with Crippen LogP contribution in [0, 0.1) is 0 Å². The van der Waals surface area contributed by atoms with Gasteiger partial charge >= 0.3 is 0 Å². The van der Waals surface area contributed by atoms with E-state index in [0.717, 1.165) is 30.9 Å². The third kappa shape index (κ3) is 5.87. The van der Waals surface area contributed by atoms with Crippen LogP contribution in [0.2, 0.25) is 0 Å². The van der Waals surface area contributed by atoms with E-state index in [0.29, 0.717) is 18.7 Å². The zero-order valence-corrected chi connectivity index (χ0v) is 16.3. The third-order valence-corrected chi connectivity index (χ3v) is 5.93. The van der Waals surface area contributed by atoms with Gasteiger partial charge in [-0.05, 0) is 49.2 Å². The molecule has 0 amide bonds. The summed E-state index contributed by atoms with van der Waals surface area (Å²) in [6, 6.07) is 16.9. The Bertz CT molecular complexity index is 810. The normalized spacial score (nSPS) is 17.1. The summed E-state index contributed by atoms with van der Waals surface area (Å²) in [6.07, 6.45) is 1.70. The monoisotopic (exact) mass is 390 g/mol. The van der Waals surface area contributed by atoms with Crippen LogP contribution in [0.1, 0.15) is 12.8 Å². The Morgan fingerprint density at radius 2 is 1.85 bits per heavy atom. The smallest absolute Gasteiger partial charge is 0.232 e. The van der Waals surface area contributed by atoms with Crippen molar-refractivity contribution in [3.8, 4) is 5.75 Å². The Hall–Kier alpha value is -2.25. The summed E-state index contributed by atoms with van der Waals surface area (Å²) < 4.78 is 38.0. The fourth-order valence-electron chi connectivity index (χ4n) is 3.08. The average molecular weight is 391 g/mol. The Morgan fingerprint density at radius 1 is 1.11 bits per heavy atom. The number of anilines is 2. The molecule has 2 aromatic carbocycles. The molecule has 0 unspecified atom stereocenters. The van der Waals surface area contributed by atoms with Crippen molar-refractivity contribution in [1.29, 1.82) is 0 Å². The van der Waals surface area contributed by atoms with Gasteiger partial charge in [0.15, 0.2) is 0 Å². The van der Waals surface area contributed by atoms with Crippen molar-refractivity contribution in [2.45, 2.75) is 18.9 Å². The fraction of sp³-hybridized carbons (Fsp3) is 0.400. The molecular formula is C20H26N2O4S. The molecule has 0 spiro atoms. The molecule has 27 heavy (non-hydrogen) atoms. The van der Waals surface area contributed by atoms with E-state index in [4.69, 9.17) is 9.47 Å². The average Bonchev–Trinajstić information content (AvgIpc) is 3.16. The SMILES string of the molecule is CO[C@@H]1CCN(c2ccc(NS(=O)(=O)CCCOc3ccccc3)cc2)C1. The molecule has 7 heteroatoms. The lowest BCUT2D eigenvalue weighted by Crippen LogP contribution is -2.22.